The highest BCUT2D eigenvalue weighted by Gasteiger charge is 2.24. The fraction of sp³-hybridized carbons (Fsp3) is 0.381. The number of aryl methyl sites for hydroxylation is 2. The number of carbonyl (C=O) groups is 2. The molecule has 0 bridgehead atoms. The number of amides is 2. The Morgan fingerprint density at radius 1 is 0.565 bits per heavy atom. The third-order valence-electron chi connectivity index (χ3n) is 10.5. The van der Waals surface area contributed by atoms with E-state index in [4.69, 9.17) is 9.47 Å². The zero-order valence-electron chi connectivity index (χ0n) is 34.4. The molecule has 0 spiro atoms. The van der Waals surface area contributed by atoms with Crippen molar-refractivity contribution in [2.75, 3.05) is 77.0 Å². The van der Waals surface area contributed by atoms with Gasteiger partial charge in [0.1, 0.15) is 35.3 Å². The molecule has 2 aromatic heterocycles. The van der Waals surface area contributed by atoms with E-state index in [1.54, 1.807) is 9.80 Å². The number of rotatable bonds is 12. The first-order valence-corrected chi connectivity index (χ1v) is 24.4. The molecule has 0 radical (unpaired) electrons. The number of fused-ring (bicyclic) bond motifs is 2. The zero-order valence-corrected chi connectivity index (χ0v) is 39.2. The van der Waals surface area contributed by atoms with Crippen LogP contribution in [0.5, 0.6) is 0 Å². The number of piperazine rings is 2. The molecule has 328 valence electrons. The molecule has 20 heteroatoms. The number of hydrogen-bond acceptors (Lipinski definition) is 12. The van der Waals surface area contributed by atoms with Gasteiger partial charge in [0.25, 0.3) is 0 Å². The summed E-state index contributed by atoms with van der Waals surface area (Å²) >= 11 is 6.93. The van der Waals surface area contributed by atoms with Crippen molar-refractivity contribution in [3.05, 3.63) is 104 Å². The number of ether oxygens (including phenoxy) is 2. The minimum atomic E-state index is -1.10. The Balaban J connectivity index is 0.000000186. The van der Waals surface area contributed by atoms with Gasteiger partial charge in [0.2, 0.25) is 0 Å². The maximum absolute atomic E-state index is 12.6. The molecular formula is C42H48Br2N10O6S2. The van der Waals surface area contributed by atoms with Crippen LogP contribution in [0.25, 0.3) is 22.1 Å². The summed E-state index contributed by atoms with van der Waals surface area (Å²) in [6.45, 7) is 11.3. The van der Waals surface area contributed by atoms with Gasteiger partial charge in [0.15, 0.2) is 0 Å². The van der Waals surface area contributed by atoms with Crippen LogP contribution in [-0.4, -0.2) is 148 Å². The normalized spacial score (nSPS) is 15.9. The van der Waals surface area contributed by atoms with Gasteiger partial charge in [-0.3, -0.25) is 18.2 Å². The molecule has 8 rings (SSSR count). The van der Waals surface area contributed by atoms with Gasteiger partial charge in [-0.1, -0.05) is 44.0 Å². The lowest BCUT2D eigenvalue weighted by atomic mass is 10.1. The average molecular weight is 1010 g/mol. The van der Waals surface area contributed by atoms with Crippen LogP contribution >= 0.6 is 31.9 Å². The molecule has 4 heterocycles. The standard InChI is InChI=1S/2C21H24BrN5O3S/c2*1-15-10-16(12-17(22)11-15)14-30-21(28)27-6-4-26(5-7-27)8-9-31(29)18-2-3-19-20(13-18)24-25-23-19/h2*2-3,10-13H,4-9,14H2,1H3,(H,23,24,25). The molecule has 2 aliphatic rings. The van der Waals surface area contributed by atoms with Crippen LogP contribution < -0.4 is 0 Å². The zero-order chi connectivity index (χ0) is 43.6. The maximum atomic E-state index is 12.6. The Labute approximate surface area is 381 Å². The topological polar surface area (TPSA) is 183 Å². The quantitative estimate of drug-likeness (QED) is 0.142. The van der Waals surface area contributed by atoms with Crippen molar-refractivity contribution in [2.24, 2.45) is 0 Å². The van der Waals surface area contributed by atoms with E-state index >= 15 is 0 Å². The van der Waals surface area contributed by atoms with Crippen molar-refractivity contribution in [3.63, 3.8) is 0 Å². The Morgan fingerprint density at radius 2 is 0.952 bits per heavy atom. The number of nitrogens with zero attached hydrogens (tertiary/aromatic N) is 8. The van der Waals surface area contributed by atoms with Gasteiger partial charge in [0, 0.05) is 95.7 Å². The molecule has 2 amide bonds. The van der Waals surface area contributed by atoms with E-state index in [2.05, 4.69) is 72.5 Å². The summed E-state index contributed by atoms with van der Waals surface area (Å²) in [6.07, 6.45) is -0.580. The summed E-state index contributed by atoms with van der Waals surface area (Å²) < 4.78 is 38.2. The molecule has 2 fully saturated rings. The number of H-pyrrole nitrogens is 2. The maximum Gasteiger partial charge on any atom is 0.410 e. The lowest BCUT2D eigenvalue weighted by molar-refractivity contribution is 0.0725. The highest BCUT2D eigenvalue weighted by molar-refractivity contribution is 9.10. The van der Waals surface area contributed by atoms with Gasteiger partial charge in [-0.2, -0.15) is 30.8 Å². The van der Waals surface area contributed by atoms with Crippen molar-refractivity contribution in [3.8, 4) is 0 Å². The van der Waals surface area contributed by atoms with Crippen molar-refractivity contribution in [2.45, 2.75) is 36.9 Å². The minimum Gasteiger partial charge on any atom is -0.445 e. The van der Waals surface area contributed by atoms with Crippen molar-refractivity contribution in [1.82, 2.24) is 50.4 Å². The van der Waals surface area contributed by atoms with E-state index in [1.807, 2.05) is 86.6 Å². The van der Waals surface area contributed by atoms with Gasteiger partial charge in [-0.05, 0) is 96.8 Å². The first-order chi connectivity index (χ1) is 29.9. The van der Waals surface area contributed by atoms with Crippen molar-refractivity contribution < 1.29 is 27.5 Å². The van der Waals surface area contributed by atoms with Crippen molar-refractivity contribution >= 4 is 87.7 Å². The van der Waals surface area contributed by atoms with Crippen LogP contribution in [-0.2, 0) is 44.3 Å². The van der Waals surface area contributed by atoms with Crippen LogP contribution in [0.2, 0.25) is 0 Å². The van der Waals surface area contributed by atoms with Crippen LogP contribution in [0.15, 0.2) is 91.5 Å². The molecule has 0 aliphatic carbocycles. The number of aromatic nitrogens is 6. The number of aromatic amines is 2. The predicted octanol–water partition coefficient (Wildman–Crippen LogP) is 6.18. The van der Waals surface area contributed by atoms with E-state index in [9.17, 15) is 18.0 Å². The molecule has 2 N–H and O–H groups in total. The summed E-state index contributed by atoms with van der Waals surface area (Å²) in [6, 6.07) is 22.9. The second kappa shape index (κ2) is 21.7. The molecular weight excluding hydrogens is 964 g/mol. The van der Waals surface area contributed by atoms with E-state index in [0.29, 0.717) is 50.8 Å². The monoisotopic (exact) mass is 1010 g/mol. The number of halogens is 2. The second-order valence-electron chi connectivity index (χ2n) is 15.1. The summed E-state index contributed by atoms with van der Waals surface area (Å²) in [7, 11) is -2.21. The van der Waals surface area contributed by atoms with Crippen LogP contribution in [0, 0.1) is 13.8 Å². The Bertz CT molecular complexity index is 2330. The molecule has 2 atom stereocenters. The predicted molar refractivity (Wildman–Crippen MR) is 244 cm³/mol. The van der Waals surface area contributed by atoms with Gasteiger partial charge in [0.05, 0.1) is 21.6 Å². The molecule has 2 saturated heterocycles. The largest absolute Gasteiger partial charge is 0.445 e. The van der Waals surface area contributed by atoms with Crippen LogP contribution in [0.4, 0.5) is 9.59 Å². The van der Waals surface area contributed by atoms with Gasteiger partial charge >= 0.3 is 12.2 Å². The Hall–Kier alpha value is -4.60. The van der Waals surface area contributed by atoms with E-state index in [0.717, 1.165) is 89.2 Å². The highest BCUT2D eigenvalue weighted by atomic mass is 79.9. The summed E-state index contributed by atoms with van der Waals surface area (Å²) in [5, 5.41) is 21.3. The molecule has 2 aliphatic heterocycles. The summed E-state index contributed by atoms with van der Waals surface area (Å²) in [4.78, 5) is 34.2. The third kappa shape index (κ3) is 12.7. The number of nitrogens with one attached hydrogen (secondary N) is 2. The first kappa shape index (κ1) is 45.4. The molecule has 16 nitrogen and oxygen atoms in total. The van der Waals surface area contributed by atoms with Gasteiger partial charge < -0.3 is 19.3 Å². The summed E-state index contributed by atoms with van der Waals surface area (Å²) in [5.41, 5.74) is 7.12. The SMILES string of the molecule is Cc1cc(Br)cc(COC(=O)N2CCN(CCS(=O)c3ccc4n[nH]nc4c3)CC2)c1.Cc1cc(Br)cc(COC(=O)N2CCN(CCS(=O)c3ccc4n[nH]nc4c3)CC2)c1. The smallest absolute Gasteiger partial charge is 0.410 e. The second-order valence-corrected chi connectivity index (χ2v) is 20.1. The van der Waals surface area contributed by atoms with E-state index in [-0.39, 0.29) is 25.4 Å². The Kier molecular flexibility index (Phi) is 15.9. The fourth-order valence-electron chi connectivity index (χ4n) is 7.15. The number of hydrogen-bond donors (Lipinski definition) is 2. The van der Waals surface area contributed by atoms with E-state index in [1.165, 1.54) is 0 Å². The van der Waals surface area contributed by atoms with Crippen molar-refractivity contribution in [1.29, 1.82) is 0 Å². The van der Waals surface area contributed by atoms with Crippen LogP contribution in [0.3, 0.4) is 0 Å². The molecule has 6 aromatic rings. The third-order valence-corrected chi connectivity index (χ3v) is 14.1. The first-order valence-electron chi connectivity index (χ1n) is 20.1. The molecule has 2 unspecified atom stereocenters. The average Bonchev–Trinajstić information content (AvgIpc) is 3.95. The Morgan fingerprint density at radius 3 is 1.34 bits per heavy atom. The van der Waals surface area contributed by atoms with Gasteiger partial charge in [-0.15, -0.1) is 0 Å². The number of benzene rings is 4. The highest BCUT2D eigenvalue weighted by Crippen LogP contribution is 2.20. The van der Waals surface area contributed by atoms with E-state index < -0.39 is 21.6 Å². The number of carbonyl (C=O) groups excluding carboxylic acids is 2. The lowest BCUT2D eigenvalue weighted by Gasteiger charge is -2.33. The molecule has 4 aromatic carbocycles. The molecule has 0 saturated carbocycles. The molecule has 62 heavy (non-hydrogen) atoms. The lowest BCUT2D eigenvalue weighted by Crippen LogP contribution is -2.49. The van der Waals surface area contributed by atoms with Crippen LogP contribution in [0.1, 0.15) is 22.3 Å². The summed E-state index contributed by atoms with van der Waals surface area (Å²) in [5.74, 6) is 1.08. The minimum absolute atomic E-state index is 0.258. The fourth-order valence-corrected chi connectivity index (χ4v) is 10.7. The van der Waals surface area contributed by atoms with Gasteiger partial charge in [-0.25, -0.2) is 9.59 Å².